The molecule has 0 unspecified atom stereocenters. The molecule has 0 radical (unpaired) electrons. The molecule has 2 N–H and O–H groups in total. The minimum atomic E-state index is -0.420. The standard InChI is InChI=1S/C14H13NO2/c1-17-11-8-6-10(7-9-11)12-4-2-3-5-13(12)14(15)16/h2-9H,1H3,(H2,15,16). The van der Waals surface area contributed by atoms with E-state index < -0.39 is 5.91 Å². The Morgan fingerprint density at radius 1 is 1.06 bits per heavy atom. The van der Waals surface area contributed by atoms with Gasteiger partial charge in [-0.25, -0.2) is 0 Å². The topological polar surface area (TPSA) is 52.3 Å². The number of carbonyl (C=O) groups excluding carboxylic acids is 1. The lowest BCUT2D eigenvalue weighted by Gasteiger charge is -2.07. The average Bonchev–Trinajstić information content (AvgIpc) is 2.39. The van der Waals surface area contributed by atoms with Crippen molar-refractivity contribution in [1.82, 2.24) is 0 Å². The summed E-state index contributed by atoms with van der Waals surface area (Å²) in [6.45, 7) is 0. The molecule has 0 aliphatic carbocycles. The second kappa shape index (κ2) is 4.70. The number of rotatable bonds is 3. The number of carbonyl (C=O) groups is 1. The quantitative estimate of drug-likeness (QED) is 0.875. The van der Waals surface area contributed by atoms with Crippen LogP contribution in [0.4, 0.5) is 0 Å². The second-order valence-corrected chi connectivity index (χ2v) is 3.64. The van der Waals surface area contributed by atoms with Crippen LogP contribution < -0.4 is 10.5 Å². The molecule has 3 heteroatoms. The summed E-state index contributed by atoms with van der Waals surface area (Å²) in [5, 5.41) is 0. The first-order valence-corrected chi connectivity index (χ1v) is 5.25. The van der Waals surface area contributed by atoms with Gasteiger partial charge in [-0.3, -0.25) is 4.79 Å². The van der Waals surface area contributed by atoms with E-state index in [9.17, 15) is 4.79 Å². The SMILES string of the molecule is COc1ccc(-c2ccccc2C(N)=O)cc1. The Kier molecular flexibility index (Phi) is 3.10. The van der Waals surface area contributed by atoms with Crippen molar-refractivity contribution in [3.05, 3.63) is 54.1 Å². The summed E-state index contributed by atoms with van der Waals surface area (Å²) < 4.78 is 5.09. The van der Waals surface area contributed by atoms with Crippen LogP contribution in [0.25, 0.3) is 11.1 Å². The van der Waals surface area contributed by atoms with Crippen LogP contribution >= 0.6 is 0 Å². The van der Waals surface area contributed by atoms with Gasteiger partial charge in [-0.2, -0.15) is 0 Å². The molecule has 17 heavy (non-hydrogen) atoms. The molecule has 0 bridgehead atoms. The fraction of sp³-hybridized carbons (Fsp3) is 0.0714. The minimum absolute atomic E-state index is 0.420. The van der Waals surface area contributed by atoms with Gasteiger partial charge in [-0.05, 0) is 29.3 Å². The van der Waals surface area contributed by atoms with Gasteiger partial charge in [0.15, 0.2) is 0 Å². The normalized spacial score (nSPS) is 9.94. The van der Waals surface area contributed by atoms with Crippen molar-refractivity contribution in [2.75, 3.05) is 7.11 Å². The third-order valence-electron chi connectivity index (χ3n) is 2.59. The Hall–Kier alpha value is -2.29. The highest BCUT2D eigenvalue weighted by Gasteiger charge is 2.08. The number of primary amides is 1. The van der Waals surface area contributed by atoms with Crippen LogP contribution in [0.1, 0.15) is 10.4 Å². The highest BCUT2D eigenvalue weighted by Crippen LogP contribution is 2.25. The third kappa shape index (κ3) is 2.28. The van der Waals surface area contributed by atoms with Crippen LogP contribution in [-0.2, 0) is 0 Å². The Morgan fingerprint density at radius 3 is 2.29 bits per heavy atom. The van der Waals surface area contributed by atoms with E-state index in [0.29, 0.717) is 5.56 Å². The highest BCUT2D eigenvalue weighted by atomic mass is 16.5. The maximum Gasteiger partial charge on any atom is 0.249 e. The van der Waals surface area contributed by atoms with Crippen LogP contribution in [-0.4, -0.2) is 13.0 Å². The molecule has 3 nitrogen and oxygen atoms in total. The van der Waals surface area contributed by atoms with Crippen LogP contribution in [0.5, 0.6) is 5.75 Å². The Bertz CT molecular complexity index is 532. The molecular formula is C14H13NO2. The van der Waals surface area contributed by atoms with Crippen LogP contribution in [0.3, 0.4) is 0 Å². The van der Waals surface area contributed by atoms with Crippen molar-refractivity contribution in [3.63, 3.8) is 0 Å². The smallest absolute Gasteiger partial charge is 0.249 e. The summed E-state index contributed by atoms with van der Waals surface area (Å²) in [5.41, 5.74) is 7.65. The molecule has 0 aliphatic heterocycles. The number of methoxy groups -OCH3 is 1. The van der Waals surface area contributed by atoms with Gasteiger partial charge in [0.05, 0.1) is 7.11 Å². The molecule has 0 aromatic heterocycles. The molecular weight excluding hydrogens is 214 g/mol. The molecule has 2 rings (SSSR count). The van der Waals surface area contributed by atoms with Gasteiger partial charge in [0.25, 0.3) is 0 Å². The molecule has 2 aromatic rings. The molecule has 2 aromatic carbocycles. The van der Waals surface area contributed by atoms with E-state index in [0.717, 1.165) is 16.9 Å². The van der Waals surface area contributed by atoms with Crippen LogP contribution in [0.2, 0.25) is 0 Å². The van der Waals surface area contributed by atoms with E-state index in [1.807, 2.05) is 36.4 Å². The first kappa shape index (κ1) is 11.2. The first-order chi connectivity index (χ1) is 8.22. The average molecular weight is 227 g/mol. The molecule has 0 saturated carbocycles. The lowest BCUT2D eigenvalue weighted by Crippen LogP contribution is -2.12. The maximum absolute atomic E-state index is 11.3. The molecule has 0 atom stereocenters. The van der Waals surface area contributed by atoms with E-state index in [4.69, 9.17) is 10.5 Å². The van der Waals surface area contributed by atoms with E-state index >= 15 is 0 Å². The van der Waals surface area contributed by atoms with Crippen molar-refractivity contribution in [2.45, 2.75) is 0 Å². The third-order valence-corrected chi connectivity index (χ3v) is 2.59. The van der Waals surface area contributed by atoms with Crippen molar-refractivity contribution in [3.8, 4) is 16.9 Å². The molecule has 1 amide bonds. The molecule has 0 saturated heterocycles. The van der Waals surface area contributed by atoms with Crippen molar-refractivity contribution in [1.29, 1.82) is 0 Å². The number of ether oxygens (including phenoxy) is 1. The molecule has 0 aliphatic rings. The van der Waals surface area contributed by atoms with Gasteiger partial charge in [-0.15, -0.1) is 0 Å². The Morgan fingerprint density at radius 2 is 1.71 bits per heavy atom. The second-order valence-electron chi connectivity index (χ2n) is 3.64. The molecule has 0 heterocycles. The zero-order valence-corrected chi connectivity index (χ0v) is 9.51. The first-order valence-electron chi connectivity index (χ1n) is 5.25. The number of benzene rings is 2. The fourth-order valence-electron chi connectivity index (χ4n) is 1.72. The van der Waals surface area contributed by atoms with Crippen molar-refractivity contribution in [2.24, 2.45) is 5.73 Å². The summed E-state index contributed by atoms with van der Waals surface area (Å²) in [7, 11) is 1.62. The number of hydrogen-bond donors (Lipinski definition) is 1. The van der Waals surface area contributed by atoms with Gasteiger partial charge >= 0.3 is 0 Å². The van der Waals surface area contributed by atoms with Crippen molar-refractivity contribution < 1.29 is 9.53 Å². The predicted octanol–water partition coefficient (Wildman–Crippen LogP) is 2.46. The molecule has 0 fully saturated rings. The summed E-state index contributed by atoms with van der Waals surface area (Å²) in [6.07, 6.45) is 0. The van der Waals surface area contributed by atoms with E-state index in [1.54, 1.807) is 19.2 Å². The van der Waals surface area contributed by atoms with Gasteiger partial charge in [0.1, 0.15) is 5.75 Å². The minimum Gasteiger partial charge on any atom is -0.497 e. The van der Waals surface area contributed by atoms with E-state index in [2.05, 4.69) is 0 Å². The van der Waals surface area contributed by atoms with E-state index in [1.165, 1.54) is 0 Å². The lowest BCUT2D eigenvalue weighted by atomic mass is 9.99. The summed E-state index contributed by atoms with van der Waals surface area (Å²) in [5.74, 6) is 0.363. The summed E-state index contributed by atoms with van der Waals surface area (Å²) in [6, 6.07) is 14.8. The van der Waals surface area contributed by atoms with Crippen LogP contribution in [0, 0.1) is 0 Å². The van der Waals surface area contributed by atoms with Gasteiger partial charge in [-0.1, -0.05) is 30.3 Å². The molecule has 86 valence electrons. The monoisotopic (exact) mass is 227 g/mol. The zero-order valence-electron chi connectivity index (χ0n) is 9.51. The zero-order chi connectivity index (χ0) is 12.3. The maximum atomic E-state index is 11.3. The van der Waals surface area contributed by atoms with Gasteiger partial charge in [0.2, 0.25) is 5.91 Å². The Labute approximate surface area is 99.8 Å². The molecule has 0 spiro atoms. The number of amides is 1. The number of nitrogens with two attached hydrogens (primary N) is 1. The van der Waals surface area contributed by atoms with Crippen molar-refractivity contribution >= 4 is 5.91 Å². The van der Waals surface area contributed by atoms with Crippen LogP contribution in [0.15, 0.2) is 48.5 Å². The summed E-state index contributed by atoms with van der Waals surface area (Å²) >= 11 is 0. The van der Waals surface area contributed by atoms with Gasteiger partial charge in [0, 0.05) is 5.56 Å². The Balaban J connectivity index is 2.48. The largest absolute Gasteiger partial charge is 0.497 e. The van der Waals surface area contributed by atoms with E-state index in [-0.39, 0.29) is 0 Å². The van der Waals surface area contributed by atoms with Gasteiger partial charge < -0.3 is 10.5 Å². The summed E-state index contributed by atoms with van der Waals surface area (Å²) in [4.78, 5) is 11.3. The lowest BCUT2D eigenvalue weighted by molar-refractivity contribution is 0.100. The fourth-order valence-corrected chi connectivity index (χ4v) is 1.72. The number of hydrogen-bond acceptors (Lipinski definition) is 2. The highest BCUT2D eigenvalue weighted by molar-refractivity contribution is 5.99. The predicted molar refractivity (Wildman–Crippen MR) is 66.9 cm³/mol.